The quantitative estimate of drug-likeness (QED) is 0.410. The zero-order valence-electron chi connectivity index (χ0n) is 18.5. The van der Waals surface area contributed by atoms with Crippen molar-refractivity contribution in [2.24, 2.45) is 13.0 Å². The molecule has 2 aliphatic heterocycles. The molecule has 14 heteroatoms. The number of nitrogens with zero attached hydrogens (tertiary/aromatic N) is 4. The number of ether oxygens (including phenoxy) is 1. The number of fused-ring (bicyclic) bond motifs is 2. The Kier molecular flexibility index (Phi) is 5.92. The third-order valence-corrected chi connectivity index (χ3v) is 6.69. The summed E-state index contributed by atoms with van der Waals surface area (Å²) < 4.78 is 56.5. The Balaban J connectivity index is 1.32. The number of hydrogen-bond acceptors (Lipinski definition) is 8. The van der Waals surface area contributed by atoms with E-state index in [4.69, 9.17) is 9.15 Å². The lowest BCUT2D eigenvalue weighted by Crippen LogP contribution is -2.36. The minimum atomic E-state index is -1.62. The van der Waals surface area contributed by atoms with Crippen molar-refractivity contribution in [2.45, 2.75) is 17.9 Å². The van der Waals surface area contributed by atoms with Gasteiger partial charge in [0.05, 0.1) is 11.5 Å². The highest BCUT2D eigenvalue weighted by molar-refractivity contribution is 7.97. The van der Waals surface area contributed by atoms with Crippen LogP contribution in [0.2, 0.25) is 0 Å². The summed E-state index contributed by atoms with van der Waals surface area (Å²) >= 11 is 1.24. The summed E-state index contributed by atoms with van der Waals surface area (Å²) in [6.07, 6.45) is 1.67. The molecule has 5 rings (SSSR count). The number of hydrogen-bond donors (Lipinski definition) is 2. The second-order valence-corrected chi connectivity index (χ2v) is 9.10. The Morgan fingerprint density at radius 1 is 1.20 bits per heavy atom. The van der Waals surface area contributed by atoms with Crippen molar-refractivity contribution in [3.8, 4) is 5.75 Å². The normalized spacial score (nSPS) is 19.4. The second-order valence-electron chi connectivity index (χ2n) is 8.22. The molecule has 2 N–H and O–H groups in total. The van der Waals surface area contributed by atoms with Gasteiger partial charge in [0, 0.05) is 63.0 Å². The first-order valence-corrected chi connectivity index (χ1v) is 11.3. The monoisotopic (exact) mass is 508 g/mol. The fraction of sp³-hybridized carbons (Fsp3) is 0.333. The van der Waals surface area contributed by atoms with Gasteiger partial charge in [0.15, 0.2) is 28.9 Å². The SMILES string of the molecule is Cc1nnc(C(=O)N2C[C@H]3COc4c(cn(C)c4C(=O)Nc4cc(F)c(F)c(F)c4)SN[C@H]3C2)o1. The van der Waals surface area contributed by atoms with Crippen LogP contribution < -0.4 is 14.8 Å². The number of aromatic nitrogens is 3. The molecule has 4 heterocycles. The molecule has 10 nitrogen and oxygen atoms in total. The van der Waals surface area contributed by atoms with E-state index in [0.29, 0.717) is 36.0 Å². The lowest BCUT2D eigenvalue weighted by Gasteiger charge is -2.23. The van der Waals surface area contributed by atoms with E-state index in [1.165, 1.54) is 16.5 Å². The first kappa shape index (κ1) is 23.2. The van der Waals surface area contributed by atoms with Crippen LogP contribution in [0.4, 0.5) is 18.9 Å². The largest absolute Gasteiger partial charge is 0.489 e. The maximum absolute atomic E-state index is 13.6. The number of carbonyl (C=O) groups is 2. The van der Waals surface area contributed by atoms with Crippen LogP contribution in [0.3, 0.4) is 0 Å². The van der Waals surface area contributed by atoms with Crippen LogP contribution in [0.25, 0.3) is 0 Å². The van der Waals surface area contributed by atoms with E-state index >= 15 is 0 Å². The summed E-state index contributed by atoms with van der Waals surface area (Å²) in [6.45, 7) is 2.57. The molecule has 2 atom stereocenters. The first-order valence-electron chi connectivity index (χ1n) is 10.5. The van der Waals surface area contributed by atoms with E-state index in [1.807, 2.05) is 0 Å². The molecule has 0 aliphatic carbocycles. The van der Waals surface area contributed by atoms with Gasteiger partial charge in [0.25, 0.3) is 5.91 Å². The number of aryl methyl sites for hydroxylation is 2. The van der Waals surface area contributed by atoms with Gasteiger partial charge in [-0.1, -0.05) is 0 Å². The van der Waals surface area contributed by atoms with Crippen LogP contribution in [-0.4, -0.2) is 57.2 Å². The summed E-state index contributed by atoms with van der Waals surface area (Å²) in [4.78, 5) is 27.9. The average Bonchev–Trinajstić information content (AvgIpc) is 3.49. The van der Waals surface area contributed by atoms with Gasteiger partial charge in [-0.2, -0.15) is 0 Å². The average molecular weight is 508 g/mol. The highest BCUT2D eigenvalue weighted by Crippen LogP contribution is 2.37. The third kappa shape index (κ3) is 4.34. The van der Waals surface area contributed by atoms with Crippen LogP contribution in [0.15, 0.2) is 27.6 Å². The zero-order valence-corrected chi connectivity index (χ0v) is 19.3. The smallest absolute Gasteiger partial charge is 0.311 e. The van der Waals surface area contributed by atoms with Gasteiger partial charge >= 0.3 is 11.8 Å². The van der Waals surface area contributed by atoms with Gasteiger partial charge in [0.2, 0.25) is 5.89 Å². The van der Waals surface area contributed by atoms with Crippen molar-refractivity contribution in [1.29, 1.82) is 0 Å². The number of carbonyl (C=O) groups excluding carboxylic acids is 2. The maximum atomic E-state index is 13.6. The predicted octanol–water partition coefficient (Wildman–Crippen LogP) is 2.52. The van der Waals surface area contributed by atoms with Crippen LogP contribution in [0.5, 0.6) is 5.75 Å². The number of benzene rings is 1. The summed E-state index contributed by atoms with van der Waals surface area (Å²) in [6, 6.07) is 1.29. The fourth-order valence-electron chi connectivity index (χ4n) is 4.06. The van der Waals surface area contributed by atoms with Gasteiger partial charge < -0.3 is 23.9 Å². The van der Waals surface area contributed by atoms with Gasteiger partial charge in [-0.15, -0.1) is 10.2 Å². The van der Waals surface area contributed by atoms with Crippen molar-refractivity contribution < 1.29 is 31.9 Å². The summed E-state index contributed by atoms with van der Waals surface area (Å²) in [5.74, 6) is -5.12. The minimum absolute atomic E-state index is 0.0816. The number of amides is 2. The summed E-state index contributed by atoms with van der Waals surface area (Å²) in [5, 5.41) is 9.85. The first-order chi connectivity index (χ1) is 16.7. The molecule has 0 saturated carbocycles. The minimum Gasteiger partial charge on any atom is -0.489 e. The van der Waals surface area contributed by atoms with Crippen molar-refractivity contribution in [2.75, 3.05) is 25.0 Å². The molecular formula is C21H19F3N6O4S. The van der Waals surface area contributed by atoms with Crippen molar-refractivity contribution in [3.05, 3.63) is 53.3 Å². The standard InChI is InChI=1S/C21H19F3N6O4S/c1-9-26-27-20(34-9)21(32)30-5-10-8-33-18-15(35-28-14(10)6-30)7-29(2)17(18)19(31)25-11-3-12(22)16(24)13(23)4-11/h3-4,7,10,14,28H,5-6,8H2,1-2H3,(H,25,31)/t10-,14-/m0/s1. The molecule has 0 spiro atoms. The Labute approximate surface area is 200 Å². The highest BCUT2D eigenvalue weighted by atomic mass is 32.2. The molecule has 0 unspecified atom stereocenters. The zero-order chi connectivity index (χ0) is 24.9. The summed E-state index contributed by atoms with van der Waals surface area (Å²) in [5.41, 5.74) is -0.121. The summed E-state index contributed by atoms with van der Waals surface area (Å²) in [7, 11) is 1.63. The Morgan fingerprint density at radius 3 is 2.63 bits per heavy atom. The molecule has 1 aromatic carbocycles. The lowest BCUT2D eigenvalue weighted by atomic mass is 10.1. The molecule has 2 aliphatic rings. The molecule has 184 valence electrons. The van der Waals surface area contributed by atoms with Crippen LogP contribution >= 0.6 is 11.9 Å². The van der Waals surface area contributed by atoms with E-state index in [-0.39, 0.29) is 47.5 Å². The predicted molar refractivity (Wildman–Crippen MR) is 116 cm³/mol. The third-order valence-electron chi connectivity index (χ3n) is 5.76. The van der Waals surface area contributed by atoms with Gasteiger partial charge in [-0.05, 0) is 11.9 Å². The Morgan fingerprint density at radius 2 is 1.94 bits per heavy atom. The molecule has 35 heavy (non-hydrogen) atoms. The molecule has 0 bridgehead atoms. The molecule has 1 saturated heterocycles. The van der Waals surface area contributed by atoms with Crippen molar-refractivity contribution in [1.82, 2.24) is 24.4 Å². The second kappa shape index (κ2) is 8.92. The molecule has 2 aromatic heterocycles. The van der Waals surface area contributed by atoms with E-state index < -0.39 is 23.4 Å². The van der Waals surface area contributed by atoms with Gasteiger partial charge in [0.1, 0.15) is 0 Å². The number of halogens is 3. The topological polar surface area (TPSA) is 115 Å². The van der Waals surface area contributed by atoms with Crippen molar-refractivity contribution in [3.63, 3.8) is 0 Å². The maximum Gasteiger partial charge on any atom is 0.311 e. The highest BCUT2D eigenvalue weighted by Gasteiger charge is 2.39. The number of rotatable bonds is 3. The molecular weight excluding hydrogens is 489 g/mol. The van der Waals surface area contributed by atoms with Crippen LogP contribution in [0.1, 0.15) is 27.1 Å². The molecule has 2 amide bonds. The molecule has 0 radical (unpaired) electrons. The van der Waals surface area contributed by atoms with E-state index in [1.54, 1.807) is 25.1 Å². The number of likely N-dealkylation sites (tertiary alicyclic amines) is 1. The van der Waals surface area contributed by atoms with E-state index in [0.717, 1.165) is 0 Å². The van der Waals surface area contributed by atoms with E-state index in [2.05, 4.69) is 20.2 Å². The van der Waals surface area contributed by atoms with Gasteiger partial charge in [-0.3, -0.25) is 14.3 Å². The molecule has 1 fully saturated rings. The van der Waals surface area contributed by atoms with E-state index in [9.17, 15) is 22.8 Å². The Hall–Kier alpha value is -3.52. The fourth-order valence-corrected chi connectivity index (χ4v) is 5.06. The van der Waals surface area contributed by atoms with Gasteiger partial charge in [-0.25, -0.2) is 13.2 Å². The Bertz CT molecular complexity index is 1310. The van der Waals surface area contributed by atoms with Crippen LogP contribution in [-0.2, 0) is 7.05 Å². The molecule has 3 aromatic rings. The van der Waals surface area contributed by atoms with Crippen molar-refractivity contribution >= 4 is 29.4 Å². The lowest BCUT2D eigenvalue weighted by molar-refractivity contribution is 0.0741. The number of nitrogens with one attached hydrogen (secondary N) is 2. The van der Waals surface area contributed by atoms with Crippen LogP contribution in [0, 0.1) is 30.3 Å². The number of anilines is 1.